The number of piperidine rings is 1. The minimum absolute atomic E-state index is 0.0131. The van der Waals surface area contributed by atoms with Crippen LogP contribution in [0.1, 0.15) is 39.3 Å². The number of carbonyl (C=O) groups is 1. The highest BCUT2D eigenvalue weighted by molar-refractivity contribution is 7.89. The second-order valence-corrected chi connectivity index (χ2v) is 10.9. The minimum atomic E-state index is -3.72. The van der Waals surface area contributed by atoms with Gasteiger partial charge in [0.05, 0.1) is 10.6 Å². The molecule has 11 heteroatoms. The van der Waals surface area contributed by atoms with E-state index in [4.69, 9.17) is 0 Å². The molecule has 32 heavy (non-hydrogen) atoms. The SMILES string of the molecule is CCN(CC)S(=O)(=O)c1ccc(=O)n(CC(=O)Nc2nc(CN3CCCC(C)C3)cs2)c1. The van der Waals surface area contributed by atoms with Crippen LogP contribution >= 0.6 is 11.3 Å². The number of nitrogens with zero attached hydrogens (tertiary/aromatic N) is 4. The maximum Gasteiger partial charge on any atom is 0.251 e. The maximum absolute atomic E-state index is 12.7. The molecular weight excluding hydrogens is 450 g/mol. The van der Waals surface area contributed by atoms with Gasteiger partial charge in [-0.15, -0.1) is 11.3 Å². The molecule has 1 saturated heterocycles. The van der Waals surface area contributed by atoms with Crippen molar-refractivity contribution in [3.8, 4) is 0 Å². The lowest BCUT2D eigenvalue weighted by Crippen LogP contribution is -2.33. The number of aromatic nitrogens is 2. The van der Waals surface area contributed by atoms with Gasteiger partial charge in [-0.2, -0.15) is 4.31 Å². The summed E-state index contributed by atoms with van der Waals surface area (Å²) in [6.45, 7) is 8.96. The number of hydrogen-bond donors (Lipinski definition) is 1. The molecule has 1 unspecified atom stereocenters. The lowest BCUT2D eigenvalue weighted by Gasteiger charge is -2.30. The molecular formula is C21H31N5O4S2. The third-order valence-corrected chi connectivity index (χ3v) is 8.38. The quantitative estimate of drug-likeness (QED) is 0.589. The van der Waals surface area contributed by atoms with Crippen molar-refractivity contribution in [1.29, 1.82) is 0 Å². The third kappa shape index (κ3) is 6.03. The predicted molar refractivity (Wildman–Crippen MR) is 125 cm³/mol. The lowest BCUT2D eigenvalue weighted by molar-refractivity contribution is -0.116. The molecule has 0 aromatic carbocycles. The van der Waals surface area contributed by atoms with Crippen molar-refractivity contribution < 1.29 is 13.2 Å². The first-order valence-electron chi connectivity index (χ1n) is 10.9. The van der Waals surface area contributed by atoms with E-state index in [0.717, 1.165) is 29.9 Å². The van der Waals surface area contributed by atoms with Crippen LogP contribution in [0, 0.1) is 5.92 Å². The summed E-state index contributed by atoms with van der Waals surface area (Å²) in [5.74, 6) is 0.248. The van der Waals surface area contributed by atoms with E-state index in [1.54, 1.807) is 13.8 Å². The Labute approximate surface area is 193 Å². The first kappa shape index (κ1) is 24.6. The van der Waals surface area contributed by atoms with Gasteiger partial charge in [0.1, 0.15) is 6.54 Å². The predicted octanol–water partition coefficient (Wildman–Crippen LogP) is 2.21. The molecule has 1 N–H and O–H groups in total. The van der Waals surface area contributed by atoms with E-state index in [1.807, 2.05) is 5.38 Å². The number of nitrogens with one attached hydrogen (secondary N) is 1. The van der Waals surface area contributed by atoms with Gasteiger partial charge in [0.25, 0.3) is 5.56 Å². The van der Waals surface area contributed by atoms with Crippen molar-refractivity contribution in [1.82, 2.24) is 18.8 Å². The van der Waals surface area contributed by atoms with Gasteiger partial charge in [-0.1, -0.05) is 20.8 Å². The van der Waals surface area contributed by atoms with Crippen molar-refractivity contribution >= 4 is 32.4 Å². The Kier molecular flexibility index (Phi) is 8.21. The zero-order valence-electron chi connectivity index (χ0n) is 18.8. The van der Waals surface area contributed by atoms with Crippen LogP contribution in [0.15, 0.2) is 33.4 Å². The standard InChI is InChI=1S/C21H31N5O4S2/c1-4-26(5-2)32(29,30)18-8-9-20(28)25(13-18)14-19(27)23-21-22-17(15-31-21)12-24-10-6-7-16(3)11-24/h8-9,13,15-16H,4-7,10-12,14H2,1-3H3,(H,22,23,27). The summed E-state index contributed by atoms with van der Waals surface area (Å²) in [5, 5.41) is 5.11. The summed E-state index contributed by atoms with van der Waals surface area (Å²) in [6, 6.07) is 2.45. The van der Waals surface area contributed by atoms with Gasteiger partial charge in [-0.3, -0.25) is 14.5 Å². The summed E-state index contributed by atoms with van der Waals surface area (Å²) in [5.41, 5.74) is 0.460. The minimum Gasteiger partial charge on any atom is -0.305 e. The summed E-state index contributed by atoms with van der Waals surface area (Å²) in [6.07, 6.45) is 3.67. The molecule has 0 saturated carbocycles. The Morgan fingerprint density at radius 3 is 2.75 bits per heavy atom. The Morgan fingerprint density at radius 2 is 2.06 bits per heavy atom. The fourth-order valence-electron chi connectivity index (χ4n) is 3.91. The Bertz CT molecular complexity index is 1090. The Balaban J connectivity index is 1.65. The van der Waals surface area contributed by atoms with Crippen LogP contribution < -0.4 is 10.9 Å². The number of hydrogen-bond acceptors (Lipinski definition) is 7. The number of sulfonamides is 1. The van der Waals surface area contributed by atoms with Gasteiger partial charge in [0.2, 0.25) is 15.9 Å². The average Bonchev–Trinajstić information content (AvgIpc) is 3.16. The van der Waals surface area contributed by atoms with Crippen molar-refractivity contribution in [2.75, 3.05) is 31.5 Å². The smallest absolute Gasteiger partial charge is 0.251 e. The molecule has 1 fully saturated rings. The molecule has 1 aliphatic rings. The molecule has 2 aromatic heterocycles. The molecule has 9 nitrogen and oxygen atoms in total. The molecule has 0 aliphatic carbocycles. The van der Waals surface area contributed by atoms with Crippen molar-refractivity contribution in [2.45, 2.75) is 51.6 Å². The molecule has 0 spiro atoms. The van der Waals surface area contributed by atoms with E-state index in [1.165, 1.54) is 46.8 Å². The highest BCUT2D eigenvalue weighted by Crippen LogP contribution is 2.21. The van der Waals surface area contributed by atoms with Crippen LogP contribution in [0.5, 0.6) is 0 Å². The molecule has 1 amide bonds. The zero-order valence-corrected chi connectivity index (χ0v) is 20.4. The average molecular weight is 482 g/mol. The van der Waals surface area contributed by atoms with Gasteiger partial charge in [0, 0.05) is 43.8 Å². The number of thiazole rings is 1. The fourth-order valence-corrected chi connectivity index (χ4v) is 6.10. The molecule has 1 atom stereocenters. The molecule has 2 aromatic rings. The van der Waals surface area contributed by atoms with E-state index in [2.05, 4.69) is 22.1 Å². The third-order valence-electron chi connectivity index (χ3n) is 5.54. The van der Waals surface area contributed by atoms with Crippen LogP contribution in [0.3, 0.4) is 0 Å². The van der Waals surface area contributed by atoms with E-state index in [0.29, 0.717) is 24.1 Å². The molecule has 1 aliphatic heterocycles. The van der Waals surface area contributed by atoms with Crippen molar-refractivity contribution in [3.63, 3.8) is 0 Å². The number of pyridine rings is 1. The van der Waals surface area contributed by atoms with Crippen molar-refractivity contribution in [3.05, 3.63) is 39.8 Å². The largest absolute Gasteiger partial charge is 0.305 e. The maximum atomic E-state index is 12.7. The van der Waals surface area contributed by atoms with Gasteiger partial charge in [0.15, 0.2) is 5.13 Å². The van der Waals surface area contributed by atoms with Gasteiger partial charge in [-0.05, 0) is 31.4 Å². The number of amides is 1. The highest BCUT2D eigenvalue weighted by atomic mass is 32.2. The molecule has 176 valence electrons. The van der Waals surface area contributed by atoms with Crippen LogP contribution in [0.25, 0.3) is 0 Å². The lowest BCUT2D eigenvalue weighted by atomic mass is 10.0. The summed E-state index contributed by atoms with van der Waals surface area (Å²) in [7, 11) is -3.72. The van der Waals surface area contributed by atoms with Gasteiger partial charge >= 0.3 is 0 Å². The summed E-state index contributed by atoms with van der Waals surface area (Å²) in [4.78, 5) is 31.6. The Morgan fingerprint density at radius 1 is 1.31 bits per heavy atom. The first-order valence-corrected chi connectivity index (χ1v) is 13.2. The van der Waals surface area contributed by atoms with E-state index >= 15 is 0 Å². The second-order valence-electron chi connectivity index (χ2n) is 8.09. The molecule has 3 rings (SSSR count). The van der Waals surface area contributed by atoms with Crippen LogP contribution in [0.2, 0.25) is 0 Å². The first-order chi connectivity index (χ1) is 15.2. The molecule has 0 bridgehead atoms. The molecule has 0 radical (unpaired) electrons. The summed E-state index contributed by atoms with van der Waals surface area (Å²) >= 11 is 1.34. The number of anilines is 1. The van der Waals surface area contributed by atoms with Crippen LogP contribution in [-0.4, -0.2) is 59.3 Å². The van der Waals surface area contributed by atoms with Crippen LogP contribution in [0.4, 0.5) is 5.13 Å². The number of rotatable bonds is 9. The molecule has 3 heterocycles. The second kappa shape index (κ2) is 10.7. The monoisotopic (exact) mass is 481 g/mol. The normalized spacial score (nSPS) is 17.6. The Hall–Kier alpha value is -2.08. The highest BCUT2D eigenvalue weighted by Gasteiger charge is 2.23. The summed E-state index contributed by atoms with van der Waals surface area (Å²) < 4.78 is 27.8. The topological polar surface area (TPSA) is 105 Å². The van der Waals surface area contributed by atoms with E-state index < -0.39 is 21.5 Å². The zero-order chi connectivity index (χ0) is 23.3. The van der Waals surface area contributed by atoms with E-state index in [-0.39, 0.29) is 11.4 Å². The van der Waals surface area contributed by atoms with Crippen LogP contribution in [-0.2, 0) is 27.9 Å². The van der Waals surface area contributed by atoms with E-state index in [9.17, 15) is 18.0 Å². The van der Waals surface area contributed by atoms with Gasteiger partial charge < -0.3 is 9.88 Å². The van der Waals surface area contributed by atoms with Crippen molar-refractivity contribution in [2.24, 2.45) is 5.92 Å². The number of likely N-dealkylation sites (tertiary alicyclic amines) is 1. The fraction of sp³-hybridized carbons (Fsp3) is 0.571. The van der Waals surface area contributed by atoms with Gasteiger partial charge in [-0.25, -0.2) is 13.4 Å². The number of carbonyl (C=O) groups excluding carboxylic acids is 1.